The van der Waals surface area contributed by atoms with Crippen LogP contribution >= 0.6 is 31.9 Å². The molecule has 0 bridgehead atoms. The number of hydrogen-bond donors (Lipinski definition) is 0. The molecule has 0 atom stereocenters. The van der Waals surface area contributed by atoms with Gasteiger partial charge in [-0.25, -0.2) is 0 Å². The first-order chi connectivity index (χ1) is 7.40. The highest BCUT2D eigenvalue weighted by atomic mass is 79.9. The van der Waals surface area contributed by atoms with Crippen LogP contribution in [-0.2, 0) is 22.1 Å². The fourth-order valence-electron chi connectivity index (χ4n) is 1.64. The second-order valence-corrected chi connectivity index (χ2v) is 6.29. The molecule has 90 valence electrons. The first-order valence-electron chi connectivity index (χ1n) is 5.26. The molecule has 0 aliphatic carbocycles. The molecule has 0 aromatic heterocycles. The van der Waals surface area contributed by atoms with Crippen LogP contribution in [0.1, 0.15) is 37.5 Å². The Morgan fingerprint density at radius 1 is 1.25 bits per heavy atom. The van der Waals surface area contributed by atoms with E-state index in [0.29, 0.717) is 6.61 Å². The van der Waals surface area contributed by atoms with E-state index in [-0.39, 0.29) is 5.41 Å². The summed E-state index contributed by atoms with van der Waals surface area (Å²) in [6, 6.07) is 4.40. The van der Waals surface area contributed by atoms with Crippen molar-refractivity contribution < 1.29 is 4.74 Å². The molecule has 1 aromatic carbocycles. The number of hydrogen-bond acceptors (Lipinski definition) is 1. The van der Waals surface area contributed by atoms with Gasteiger partial charge in [-0.1, -0.05) is 64.8 Å². The molecule has 0 heterocycles. The largest absolute Gasteiger partial charge is 0.380 e. The Morgan fingerprint density at radius 3 is 2.31 bits per heavy atom. The van der Waals surface area contributed by atoms with Crippen molar-refractivity contribution in [3.63, 3.8) is 0 Å². The maximum Gasteiger partial charge on any atom is 0.0713 e. The van der Waals surface area contributed by atoms with Crippen LogP contribution < -0.4 is 0 Å². The molecule has 0 amide bonds. The van der Waals surface area contributed by atoms with E-state index >= 15 is 0 Å². The van der Waals surface area contributed by atoms with Crippen molar-refractivity contribution in [2.45, 2.75) is 38.1 Å². The van der Waals surface area contributed by atoms with Gasteiger partial charge in [0.2, 0.25) is 0 Å². The average Bonchev–Trinajstić information content (AvgIpc) is 2.19. The molecule has 1 aromatic rings. The Labute approximate surface area is 115 Å². The van der Waals surface area contributed by atoms with Gasteiger partial charge in [-0.05, 0) is 22.1 Å². The Morgan fingerprint density at radius 2 is 1.88 bits per heavy atom. The summed E-state index contributed by atoms with van der Waals surface area (Å²) in [5, 5.41) is 0.855. The van der Waals surface area contributed by atoms with Crippen LogP contribution in [0, 0.1) is 0 Å². The molecule has 0 aliphatic heterocycles. The standard InChI is InChI=1S/C13H18Br2O/c1-13(2,3)11-6-9(8-16-4)5-10(7-14)12(11)15/h5-6H,7-8H2,1-4H3. The van der Waals surface area contributed by atoms with E-state index in [1.54, 1.807) is 7.11 Å². The number of benzene rings is 1. The maximum atomic E-state index is 5.20. The monoisotopic (exact) mass is 348 g/mol. The maximum absolute atomic E-state index is 5.20. The zero-order valence-corrected chi connectivity index (χ0v) is 13.4. The van der Waals surface area contributed by atoms with Crippen molar-refractivity contribution in [2.24, 2.45) is 0 Å². The molecule has 0 saturated carbocycles. The Bertz CT molecular complexity index is 367. The lowest BCUT2D eigenvalue weighted by Crippen LogP contribution is -2.13. The summed E-state index contributed by atoms with van der Waals surface area (Å²) < 4.78 is 6.41. The van der Waals surface area contributed by atoms with Crippen molar-refractivity contribution in [1.29, 1.82) is 0 Å². The van der Waals surface area contributed by atoms with Crippen LogP contribution in [-0.4, -0.2) is 7.11 Å². The zero-order valence-electron chi connectivity index (χ0n) is 10.2. The summed E-state index contributed by atoms with van der Waals surface area (Å²) in [6.45, 7) is 7.33. The van der Waals surface area contributed by atoms with Gasteiger partial charge in [0, 0.05) is 16.9 Å². The molecule has 0 spiro atoms. The molecule has 1 nitrogen and oxygen atoms in total. The van der Waals surface area contributed by atoms with Gasteiger partial charge in [0.05, 0.1) is 6.61 Å². The molecule has 1 rings (SSSR count). The minimum atomic E-state index is 0.138. The normalized spacial score (nSPS) is 11.9. The predicted octanol–water partition coefficient (Wildman–Crippen LogP) is 4.79. The summed E-state index contributed by atoms with van der Waals surface area (Å²) in [5.74, 6) is 0. The number of ether oxygens (including phenoxy) is 1. The third kappa shape index (κ3) is 3.31. The zero-order chi connectivity index (χ0) is 12.3. The van der Waals surface area contributed by atoms with Crippen molar-refractivity contribution in [3.05, 3.63) is 33.3 Å². The van der Waals surface area contributed by atoms with Crippen LogP contribution in [0.15, 0.2) is 16.6 Å². The minimum Gasteiger partial charge on any atom is -0.380 e. The smallest absolute Gasteiger partial charge is 0.0713 e. The van der Waals surface area contributed by atoms with E-state index in [9.17, 15) is 0 Å². The van der Waals surface area contributed by atoms with Crippen molar-refractivity contribution in [2.75, 3.05) is 7.11 Å². The van der Waals surface area contributed by atoms with E-state index in [1.165, 1.54) is 21.2 Å². The lowest BCUT2D eigenvalue weighted by Gasteiger charge is -2.23. The molecule has 0 radical (unpaired) electrons. The van der Waals surface area contributed by atoms with Crippen LogP contribution in [0.2, 0.25) is 0 Å². The lowest BCUT2D eigenvalue weighted by atomic mass is 9.85. The Hall–Kier alpha value is 0.140. The van der Waals surface area contributed by atoms with Gasteiger partial charge in [0.15, 0.2) is 0 Å². The Kier molecular flexibility index (Phi) is 5.02. The average molecular weight is 350 g/mol. The third-order valence-corrected chi connectivity index (χ3v) is 4.01. The predicted molar refractivity (Wildman–Crippen MR) is 76.2 cm³/mol. The topological polar surface area (TPSA) is 9.23 Å². The van der Waals surface area contributed by atoms with Crippen molar-refractivity contribution >= 4 is 31.9 Å². The molecular formula is C13H18Br2O. The molecule has 0 saturated heterocycles. The first-order valence-corrected chi connectivity index (χ1v) is 7.18. The molecule has 0 N–H and O–H groups in total. The second-order valence-electron chi connectivity index (χ2n) is 4.93. The molecule has 0 aliphatic rings. The fraction of sp³-hybridized carbons (Fsp3) is 0.538. The van der Waals surface area contributed by atoms with Crippen LogP contribution in [0.5, 0.6) is 0 Å². The molecule has 0 unspecified atom stereocenters. The fourth-order valence-corrected chi connectivity index (χ4v) is 3.43. The molecule has 16 heavy (non-hydrogen) atoms. The Balaban J connectivity index is 3.30. The van der Waals surface area contributed by atoms with Crippen LogP contribution in [0.25, 0.3) is 0 Å². The van der Waals surface area contributed by atoms with Gasteiger partial charge in [0.1, 0.15) is 0 Å². The number of halogens is 2. The summed E-state index contributed by atoms with van der Waals surface area (Å²) in [5.41, 5.74) is 3.97. The summed E-state index contributed by atoms with van der Waals surface area (Å²) in [4.78, 5) is 0. The van der Waals surface area contributed by atoms with Crippen LogP contribution in [0.4, 0.5) is 0 Å². The van der Waals surface area contributed by atoms with E-state index < -0.39 is 0 Å². The SMILES string of the molecule is COCc1cc(CBr)c(Br)c(C(C)(C)C)c1. The van der Waals surface area contributed by atoms with Gasteiger partial charge in [-0.3, -0.25) is 0 Å². The van der Waals surface area contributed by atoms with Gasteiger partial charge >= 0.3 is 0 Å². The van der Waals surface area contributed by atoms with Crippen molar-refractivity contribution in [1.82, 2.24) is 0 Å². The highest BCUT2D eigenvalue weighted by Crippen LogP contribution is 2.34. The van der Waals surface area contributed by atoms with Gasteiger partial charge < -0.3 is 4.74 Å². The van der Waals surface area contributed by atoms with E-state index in [1.807, 2.05) is 0 Å². The molecule has 3 heteroatoms. The molecule has 0 fully saturated rings. The van der Waals surface area contributed by atoms with Gasteiger partial charge in [0.25, 0.3) is 0 Å². The van der Waals surface area contributed by atoms with Gasteiger partial charge in [-0.15, -0.1) is 0 Å². The summed E-state index contributed by atoms with van der Waals surface area (Å²) >= 11 is 7.22. The number of methoxy groups -OCH3 is 1. The highest BCUT2D eigenvalue weighted by molar-refractivity contribution is 9.10. The van der Waals surface area contributed by atoms with Crippen LogP contribution in [0.3, 0.4) is 0 Å². The summed E-state index contributed by atoms with van der Waals surface area (Å²) in [7, 11) is 1.73. The minimum absolute atomic E-state index is 0.138. The molecular weight excluding hydrogens is 332 g/mol. The quantitative estimate of drug-likeness (QED) is 0.713. The number of alkyl halides is 1. The van der Waals surface area contributed by atoms with E-state index in [0.717, 1.165) is 5.33 Å². The second kappa shape index (κ2) is 5.65. The lowest BCUT2D eigenvalue weighted by molar-refractivity contribution is 0.184. The van der Waals surface area contributed by atoms with E-state index in [4.69, 9.17) is 4.74 Å². The summed E-state index contributed by atoms with van der Waals surface area (Å²) in [6.07, 6.45) is 0. The third-order valence-electron chi connectivity index (χ3n) is 2.47. The van der Waals surface area contributed by atoms with Gasteiger partial charge in [-0.2, -0.15) is 0 Å². The highest BCUT2D eigenvalue weighted by Gasteiger charge is 2.19. The van der Waals surface area contributed by atoms with E-state index in [2.05, 4.69) is 64.8 Å². The van der Waals surface area contributed by atoms with Crippen molar-refractivity contribution in [3.8, 4) is 0 Å². The first kappa shape index (κ1) is 14.2. The number of rotatable bonds is 3.